The number of carbonyl (C=O) groups is 1. The smallest absolute Gasteiger partial charge is 0.257 e. The van der Waals surface area contributed by atoms with E-state index in [9.17, 15) is 13.6 Å². The molecule has 0 spiro atoms. The summed E-state index contributed by atoms with van der Waals surface area (Å²) in [5.41, 5.74) is -0.0252. The number of rotatable bonds is 2. The first kappa shape index (κ1) is 12.5. The fourth-order valence-electron chi connectivity index (χ4n) is 1.44. The van der Waals surface area contributed by atoms with Crippen LogP contribution in [0, 0.1) is 11.6 Å². The number of hydrogen-bond acceptors (Lipinski definition) is 1. The van der Waals surface area contributed by atoms with Crippen LogP contribution in [-0.2, 0) is 0 Å². The Hall–Kier alpha value is -1.94. The molecule has 0 aliphatic rings. The fraction of sp³-hybridized carbons (Fsp3) is 0. The first-order valence-corrected chi connectivity index (χ1v) is 5.47. The third-order valence-electron chi connectivity index (χ3n) is 2.32. The maximum atomic E-state index is 13.4. The summed E-state index contributed by atoms with van der Waals surface area (Å²) in [4.78, 5) is 11.8. The lowest BCUT2D eigenvalue weighted by Gasteiger charge is -2.07. The lowest BCUT2D eigenvalue weighted by atomic mass is 10.2. The minimum absolute atomic E-state index is 0.197. The van der Waals surface area contributed by atoms with E-state index in [1.807, 2.05) is 0 Å². The number of anilines is 1. The van der Waals surface area contributed by atoms with E-state index in [-0.39, 0.29) is 16.3 Å². The van der Waals surface area contributed by atoms with Crippen LogP contribution in [0.3, 0.4) is 0 Å². The predicted octanol–water partition coefficient (Wildman–Crippen LogP) is 3.87. The van der Waals surface area contributed by atoms with Gasteiger partial charge >= 0.3 is 0 Å². The molecule has 0 radical (unpaired) electrons. The fourth-order valence-corrected chi connectivity index (χ4v) is 1.66. The molecule has 2 aromatic rings. The van der Waals surface area contributed by atoms with Crippen molar-refractivity contribution >= 4 is 23.2 Å². The van der Waals surface area contributed by atoms with E-state index in [0.717, 1.165) is 6.07 Å². The van der Waals surface area contributed by atoms with E-state index in [0.29, 0.717) is 0 Å². The van der Waals surface area contributed by atoms with Crippen molar-refractivity contribution in [1.82, 2.24) is 0 Å². The first-order valence-electron chi connectivity index (χ1n) is 5.09. The molecule has 0 heterocycles. The van der Waals surface area contributed by atoms with Gasteiger partial charge in [0, 0.05) is 0 Å². The first-order chi connectivity index (χ1) is 8.59. The van der Waals surface area contributed by atoms with Gasteiger partial charge in [0.05, 0.1) is 16.3 Å². The Balaban J connectivity index is 2.27. The van der Waals surface area contributed by atoms with Gasteiger partial charge in [0.2, 0.25) is 0 Å². The molecule has 18 heavy (non-hydrogen) atoms. The lowest BCUT2D eigenvalue weighted by Crippen LogP contribution is -2.13. The standard InChI is InChI=1S/C13H8ClF2NO/c14-9-5-2-1-4-8(9)13(18)17-11-7-3-6-10(15)12(11)16/h1-7H,(H,17,18). The Bertz CT molecular complexity index is 601. The summed E-state index contributed by atoms with van der Waals surface area (Å²) in [6.07, 6.45) is 0. The van der Waals surface area contributed by atoms with E-state index in [1.54, 1.807) is 18.2 Å². The maximum absolute atomic E-state index is 13.4. The van der Waals surface area contributed by atoms with E-state index in [4.69, 9.17) is 11.6 Å². The van der Waals surface area contributed by atoms with Crippen LogP contribution in [0.4, 0.5) is 14.5 Å². The van der Waals surface area contributed by atoms with Crippen molar-refractivity contribution in [3.8, 4) is 0 Å². The molecule has 1 N–H and O–H groups in total. The average molecular weight is 268 g/mol. The average Bonchev–Trinajstić information content (AvgIpc) is 2.35. The van der Waals surface area contributed by atoms with Crippen LogP contribution in [0.2, 0.25) is 5.02 Å². The molecule has 5 heteroatoms. The number of benzene rings is 2. The highest BCUT2D eigenvalue weighted by Gasteiger charge is 2.13. The Morgan fingerprint density at radius 2 is 1.78 bits per heavy atom. The van der Waals surface area contributed by atoms with Crippen LogP contribution in [0.5, 0.6) is 0 Å². The highest BCUT2D eigenvalue weighted by molar-refractivity contribution is 6.34. The summed E-state index contributed by atoms with van der Waals surface area (Å²) in [6.45, 7) is 0. The van der Waals surface area contributed by atoms with Gasteiger partial charge in [0.1, 0.15) is 0 Å². The quantitative estimate of drug-likeness (QED) is 0.879. The largest absolute Gasteiger partial charge is 0.319 e. The molecule has 1 amide bonds. The number of amides is 1. The zero-order valence-electron chi connectivity index (χ0n) is 9.08. The molecule has 0 aliphatic heterocycles. The van der Waals surface area contributed by atoms with E-state index < -0.39 is 17.5 Å². The zero-order chi connectivity index (χ0) is 13.1. The zero-order valence-corrected chi connectivity index (χ0v) is 9.84. The molecule has 0 aromatic heterocycles. The van der Waals surface area contributed by atoms with E-state index in [2.05, 4.69) is 5.32 Å². The molecule has 0 fully saturated rings. The van der Waals surface area contributed by atoms with Gasteiger partial charge in [-0.25, -0.2) is 8.78 Å². The second-order valence-electron chi connectivity index (χ2n) is 3.54. The van der Waals surface area contributed by atoms with Gasteiger partial charge in [0.15, 0.2) is 11.6 Å². The second-order valence-corrected chi connectivity index (χ2v) is 3.94. The predicted molar refractivity (Wildman–Crippen MR) is 65.8 cm³/mol. The summed E-state index contributed by atoms with van der Waals surface area (Å²) in [7, 11) is 0. The molecule has 2 aromatic carbocycles. The minimum atomic E-state index is -1.10. The number of hydrogen-bond donors (Lipinski definition) is 1. The monoisotopic (exact) mass is 267 g/mol. The van der Waals surface area contributed by atoms with Gasteiger partial charge < -0.3 is 5.32 Å². The highest BCUT2D eigenvalue weighted by atomic mass is 35.5. The topological polar surface area (TPSA) is 29.1 Å². The summed E-state index contributed by atoms with van der Waals surface area (Å²) < 4.78 is 26.3. The third kappa shape index (κ3) is 2.49. The van der Waals surface area contributed by atoms with Crippen molar-refractivity contribution in [2.75, 3.05) is 5.32 Å². The van der Waals surface area contributed by atoms with Crippen molar-refractivity contribution in [2.24, 2.45) is 0 Å². The Morgan fingerprint density at radius 3 is 2.50 bits per heavy atom. The number of carbonyl (C=O) groups excluding carboxylic acids is 1. The second kappa shape index (κ2) is 5.14. The molecule has 0 unspecified atom stereocenters. The molecule has 92 valence electrons. The van der Waals surface area contributed by atoms with Crippen molar-refractivity contribution < 1.29 is 13.6 Å². The Kier molecular flexibility index (Phi) is 3.58. The molecular formula is C13H8ClF2NO. The number of nitrogens with one attached hydrogen (secondary N) is 1. The van der Waals surface area contributed by atoms with Crippen LogP contribution in [0.25, 0.3) is 0 Å². The van der Waals surface area contributed by atoms with E-state index in [1.165, 1.54) is 18.2 Å². The van der Waals surface area contributed by atoms with Crippen LogP contribution in [-0.4, -0.2) is 5.91 Å². The molecular weight excluding hydrogens is 260 g/mol. The highest BCUT2D eigenvalue weighted by Crippen LogP contribution is 2.20. The van der Waals surface area contributed by atoms with Crippen molar-refractivity contribution in [3.05, 3.63) is 64.7 Å². The van der Waals surface area contributed by atoms with Crippen LogP contribution in [0.1, 0.15) is 10.4 Å². The third-order valence-corrected chi connectivity index (χ3v) is 2.65. The molecule has 0 saturated carbocycles. The molecule has 2 rings (SSSR count). The Labute approximate surface area is 107 Å². The van der Waals surface area contributed by atoms with Gasteiger partial charge in [-0.3, -0.25) is 4.79 Å². The maximum Gasteiger partial charge on any atom is 0.257 e. The summed E-state index contributed by atoms with van der Waals surface area (Å²) in [5, 5.41) is 2.51. The summed E-state index contributed by atoms with van der Waals surface area (Å²) in [5.74, 6) is -2.71. The van der Waals surface area contributed by atoms with E-state index >= 15 is 0 Å². The van der Waals surface area contributed by atoms with Crippen molar-refractivity contribution in [2.45, 2.75) is 0 Å². The molecule has 0 bridgehead atoms. The molecule has 2 nitrogen and oxygen atoms in total. The van der Waals surface area contributed by atoms with Gasteiger partial charge in [-0.05, 0) is 24.3 Å². The van der Waals surface area contributed by atoms with Crippen LogP contribution in [0.15, 0.2) is 42.5 Å². The van der Waals surface area contributed by atoms with Crippen LogP contribution < -0.4 is 5.32 Å². The summed E-state index contributed by atoms with van der Waals surface area (Å²) >= 11 is 5.83. The molecule has 0 aliphatic carbocycles. The van der Waals surface area contributed by atoms with Crippen molar-refractivity contribution in [3.63, 3.8) is 0 Å². The molecule has 0 saturated heterocycles. The lowest BCUT2D eigenvalue weighted by molar-refractivity contribution is 0.102. The summed E-state index contributed by atoms with van der Waals surface area (Å²) in [6, 6.07) is 9.88. The van der Waals surface area contributed by atoms with Crippen molar-refractivity contribution in [1.29, 1.82) is 0 Å². The number of halogens is 3. The van der Waals surface area contributed by atoms with Gasteiger partial charge in [-0.2, -0.15) is 0 Å². The van der Waals surface area contributed by atoms with Crippen LogP contribution >= 0.6 is 11.6 Å². The minimum Gasteiger partial charge on any atom is -0.319 e. The van der Waals surface area contributed by atoms with Gasteiger partial charge in [0.25, 0.3) is 5.91 Å². The van der Waals surface area contributed by atoms with Gasteiger partial charge in [-0.15, -0.1) is 0 Å². The molecule has 0 atom stereocenters. The SMILES string of the molecule is O=C(Nc1cccc(F)c1F)c1ccccc1Cl. The van der Waals surface area contributed by atoms with Gasteiger partial charge in [-0.1, -0.05) is 29.8 Å². The normalized spacial score (nSPS) is 10.2. The Morgan fingerprint density at radius 1 is 1.06 bits per heavy atom.